The van der Waals surface area contributed by atoms with Gasteiger partial charge in [-0.25, -0.2) is 4.68 Å². The molecule has 7 heteroatoms. The Bertz CT molecular complexity index is 703. The standard InChI is InChI=1S/C15H16Cl2N2O3/c16-10-6-18-19(13(20)12(10)17)15-4-7-1-8(5-15)3-9(2-7)11(15)14(21)22/h6-9,11H,1-5H2,(H,21,22). The molecule has 118 valence electrons. The summed E-state index contributed by atoms with van der Waals surface area (Å²) in [7, 11) is 0. The first-order valence-corrected chi connectivity index (χ1v) is 8.34. The van der Waals surface area contributed by atoms with Crippen LogP contribution in [0.5, 0.6) is 0 Å². The minimum Gasteiger partial charge on any atom is -0.481 e. The molecule has 0 spiro atoms. The number of nitrogens with zero attached hydrogens (tertiary/aromatic N) is 2. The topological polar surface area (TPSA) is 72.2 Å². The molecule has 1 heterocycles. The highest BCUT2D eigenvalue weighted by Crippen LogP contribution is 2.61. The Hall–Kier alpha value is -1.07. The first kappa shape index (κ1) is 14.5. The lowest BCUT2D eigenvalue weighted by Crippen LogP contribution is -2.63. The number of carbonyl (C=O) groups is 1. The Morgan fingerprint density at radius 3 is 2.50 bits per heavy atom. The normalized spacial score (nSPS) is 39.2. The number of hydrogen-bond acceptors (Lipinski definition) is 3. The number of halogens is 2. The molecule has 4 fully saturated rings. The van der Waals surface area contributed by atoms with Gasteiger partial charge in [0.15, 0.2) is 0 Å². The Kier molecular flexibility index (Phi) is 3.11. The third-order valence-corrected chi connectivity index (χ3v) is 6.59. The highest BCUT2D eigenvalue weighted by Gasteiger charge is 2.61. The maximum absolute atomic E-state index is 12.6. The van der Waals surface area contributed by atoms with E-state index in [9.17, 15) is 14.7 Å². The van der Waals surface area contributed by atoms with Crippen LogP contribution in [0, 0.1) is 23.7 Å². The number of carboxylic acid groups (broad SMARTS) is 1. The fourth-order valence-corrected chi connectivity index (χ4v) is 5.72. The zero-order valence-corrected chi connectivity index (χ0v) is 13.3. The predicted molar refractivity (Wildman–Crippen MR) is 81.2 cm³/mol. The van der Waals surface area contributed by atoms with E-state index >= 15 is 0 Å². The van der Waals surface area contributed by atoms with Crippen molar-refractivity contribution < 1.29 is 9.90 Å². The summed E-state index contributed by atoms with van der Waals surface area (Å²) in [6.45, 7) is 0. The molecule has 4 bridgehead atoms. The lowest BCUT2D eigenvalue weighted by atomic mass is 9.48. The van der Waals surface area contributed by atoms with Crippen molar-refractivity contribution in [3.05, 3.63) is 26.6 Å². The maximum atomic E-state index is 12.6. The molecular formula is C15H16Cl2N2O3. The van der Waals surface area contributed by atoms with E-state index in [1.807, 2.05) is 0 Å². The van der Waals surface area contributed by atoms with Gasteiger partial charge >= 0.3 is 5.97 Å². The van der Waals surface area contributed by atoms with Crippen LogP contribution in [0.25, 0.3) is 0 Å². The van der Waals surface area contributed by atoms with Crippen molar-refractivity contribution in [2.75, 3.05) is 0 Å². The second-order valence-electron chi connectivity index (χ2n) is 7.05. The van der Waals surface area contributed by atoms with Crippen LogP contribution in [0.15, 0.2) is 11.0 Å². The summed E-state index contributed by atoms with van der Waals surface area (Å²) < 4.78 is 1.34. The first-order valence-electron chi connectivity index (χ1n) is 7.59. The van der Waals surface area contributed by atoms with Crippen LogP contribution < -0.4 is 5.56 Å². The molecule has 22 heavy (non-hydrogen) atoms. The number of aliphatic carboxylic acids is 1. The fourth-order valence-electron chi connectivity index (χ4n) is 5.46. The average Bonchev–Trinajstić information content (AvgIpc) is 2.43. The van der Waals surface area contributed by atoms with Crippen LogP contribution in [0.4, 0.5) is 0 Å². The van der Waals surface area contributed by atoms with Crippen molar-refractivity contribution in [2.24, 2.45) is 23.7 Å². The molecule has 0 aromatic carbocycles. The van der Waals surface area contributed by atoms with Crippen LogP contribution in [0.2, 0.25) is 10.0 Å². The van der Waals surface area contributed by atoms with Gasteiger partial charge in [-0.05, 0) is 49.9 Å². The molecule has 1 N–H and O–H groups in total. The number of hydrogen-bond donors (Lipinski definition) is 1. The molecule has 4 aliphatic rings. The second kappa shape index (κ2) is 4.71. The van der Waals surface area contributed by atoms with Crippen molar-refractivity contribution in [3.8, 4) is 0 Å². The fraction of sp³-hybridized carbons (Fsp3) is 0.667. The minimum absolute atomic E-state index is 0.0726. The molecule has 0 saturated heterocycles. The smallest absolute Gasteiger partial charge is 0.309 e. The molecule has 3 atom stereocenters. The van der Waals surface area contributed by atoms with E-state index in [1.54, 1.807) is 0 Å². The molecular weight excluding hydrogens is 327 g/mol. The van der Waals surface area contributed by atoms with Crippen molar-refractivity contribution in [2.45, 2.75) is 37.6 Å². The molecule has 1 aromatic rings. The third kappa shape index (κ3) is 1.81. The van der Waals surface area contributed by atoms with Crippen molar-refractivity contribution >= 4 is 29.2 Å². The van der Waals surface area contributed by atoms with E-state index in [4.69, 9.17) is 23.2 Å². The van der Waals surface area contributed by atoms with Gasteiger partial charge < -0.3 is 5.11 Å². The van der Waals surface area contributed by atoms with Gasteiger partial charge in [0.25, 0.3) is 5.56 Å². The molecule has 5 nitrogen and oxygen atoms in total. The largest absolute Gasteiger partial charge is 0.481 e. The summed E-state index contributed by atoms with van der Waals surface area (Å²) in [5.41, 5.74) is -1.21. The zero-order chi connectivity index (χ0) is 15.6. The summed E-state index contributed by atoms with van der Waals surface area (Å²) >= 11 is 11.9. The van der Waals surface area contributed by atoms with Gasteiger partial charge in [-0.15, -0.1) is 0 Å². The summed E-state index contributed by atoms with van der Waals surface area (Å²) in [6.07, 6.45) is 5.78. The predicted octanol–water partition coefficient (Wildman–Crippen LogP) is 2.79. The molecule has 5 rings (SSSR count). The van der Waals surface area contributed by atoms with Gasteiger partial charge in [-0.1, -0.05) is 23.2 Å². The van der Waals surface area contributed by atoms with Gasteiger partial charge in [-0.2, -0.15) is 5.10 Å². The van der Waals surface area contributed by atoms with Crippen molar-refractivity contribution in [1.82, 2.24) is 9.78 Å². The summed E-state index contributed by atoms with van der Waals surface area (Å²) in [5.74, 6) is -0.300. The summed E-state index contributed by atoms with van der Waals surface area (Å²) in [6, 6.07) is 0. The molecule has 0 radical (unpaired) electrons. The molecule has 3 unspecified atom stereocenters. The molecule has 0 aliphatic heterocycles. The lowest BCUT2D eigenvalue weighted by molar-refractivity contribution is -0.168. The maximum Gasteiger partial charge on any atom is 0.309 e. The Morgan fingerprint density at radius 2 is 1.91 bits per heavy atom. The van der Waals surface area contributed by atoms with E-state index in [0.29, 0.717) is 24.7 Å². The van der Waals surface area contributed by atoms with Crippen LogP contribution in [0.3, 0.4) is 0 Å². The average molecular weight is 343 g/mol. The number of carboxylic acids is 1. The number of aromatic nitrogens is 2. The Morgan fingerprint density at radius 1 is 1.27 bits per heavy atom. The first-order chi connectivity index (χ1) is 10.4. The van der Waals surface area contributed by atoms with E-state index in [2.05, 4.69) is 5.10 Å². The van der Waals surface area contributed by atoms with Crippen LogP contribution in [-0.4, -0.2) is 20.9 Å². The van der Waals surface area contributed by atoms with Crippen molar-refractivity contribution in [1.29, 1.82) is 0 Å². The molecule has 0 amide bonds. The van der Waals surface area contributed by atoms with Crippen LogP contribution >= 0.6 is 23.2 Å². The zero-order valence-electron chi connectivity index (χ0n) is 11.8. The van der Waals surface area contributed by atoms with Crippen LogP contribution in [0.1, 0.15) is 32.1 Å². The second-order valence-corrected chi connectivity index (χ2v) is 7.84. The van der Waals surface area contributed by atoms with Gasteiger partial charge in [0, 0.05) is 0 Å². The summed E-state index contributed by atoms with van der Waals surface area (Å²) in [4.78, 5) is 24.5. The van der Waals surface area contributed by atoms with E-state index in [-0.39, 0.29) is 16.0 Å². The highest BCUT2D eigenvalue weighted by molar-refractivity contribution is 6.41. The van der Waals surface area contributed by atoms with Gasteiger partial charge in [0.05, 0.1) is 22.7 Å². The monoisotopic (exact) mass is 342 g/mol. The third-order valence-electron chi connectivity index (χ3n) is 5.84. The number of rotatable bonds is 2. The van der Waals surface area contributed by atoms with Crippen LogP contribution in [-0.2, 0) is 10.3 Å². The van der Waals surface area contributed by atoms with Crippen molar-refractivity contribution in [3.63, 3.8) is 0 Å². The van der Waals surface area contributed by atoms with Gasteiger partial charge in [-0.3, -0.25) is 9.59 Å². The SMILES string of the molecule is O=C(O)C1C2CC3CC(C2)CC1(n1ncc(Cl)c(Cl)c1=O)C3. The Labute approximate surface area is 137 Å². The molecule has 4 saturated carbocycles. The quantitative estimate of drug-likeness (QED) is 0.896. The van der Waals surface area contributed by atoms with E-state index in [1.165, 1.54) is 10.9 Å². The lowest BCUT2D eigenvalue weighted by Gasteiger charge is -2.59. The molecule has 1 aromatic heterocycles. The Balaban J connectivity index is 1.92. The highest BCUT2D eigenvalue weighted by atomic mass is 35.5. The van der Waals surface area contributed by atoms with Gasteiger partial charge in [0.1, 0.15) is 5.02 Å². The molecule has 4 aliphatic carbocycles. The van der Waals surface area contributed by atoms with E-state index < -0.39 is 23.0 Å². The summed E-state index contributed by atoms with van der Waals surface area (Å²) in [5, 5.41) is 14.0. The van der Waals surface area contributed by atoms with Gasteiger partial charge in [0.2, 0.25) is 0 Å². The van der Waals surface area contributed by atoms with E-state index in [0.717, 1.165) is 19.3 Å². The minimum atomic E-state index is -0.830.